The molecule has 2 rings (SSSR count). The zero-order valence-corrected chi connectivity index (χ0v) is 15.3. The van der Waals surface area contributed by atoms with Gasteiger partial charge in [0.05, 0.1) is 0 Å². The highest BCUT2D eigenvalue weighted by Crippen LogP contribution is 2.17. The lowest BCUT2D eigenvalue weighted by atomic mass is 10.1. The van der Waals surface area contributed by atoms with E-state index in [4.69, 9.17) is 10.5 Å². The molecule has 0 heterocycles. The minimum Gasteiger partial charge on any atom is -0.492 e. The van der Waals surface area contributed by atoms with Gasteiger partial charge in [0.1, 0.15) is 12.4 Å². The first-order valence-corrected chi connectivity index (χ1v) is 8.79. The number of thioether (sulfide) groups is 1. The topological polar surface area (TPSA) is 64.3 Å². The van der Waals surface area contributed by atoms with Crippen LogP contribution in [0.5, 0.6) is 5.75 Å². The molecule has 2 aromatic carbocycles. The molecule has 1 amide bonds. The van der Waals surface area contributed by atoms with Gasteiger partial charge in [0, 0.05) is 23.5 Å². The van der Waals surface area contributed by atoms with Gasteiger partial charge in [-0.05, 0) is 47.7 Å². The lowest BCUT2D eigenvalue weighted by Gasteiger charge is -2.08. The second kappa shape index (κ2) is 11.0. The third kappa shape index (κ3) is 6.43. The van der Waals surface area contributed by atoms with Crippen molar-refractivity contribution in [3.05, 3.63) is 59.7 Å². The first-order valence-electron chi connectivity index (χ1n) is 7.64. The monoisotopic (exact) mass is 366 g/mol. The summed E-state index contributed by atoms with van der Waals surface area (Å²) >= 11 is 1.86. The van der Waals surface area contributed by atoms with Gasteiger partial charge in [-0.15, -0.1) is 12.4 Å². The highest BCUT2D eigenvalue weighted by molar-refractivity contribution is 7.98. The molecule has 6 heteroatoms. The zero-order chi connectivity index (χ0) is 16.5. The summed E-state index contributed by atoms with van der Waals surface area (Å²) in [6.07, 6.45) is 0. The molecule has 0 unspecified atom stereocenters. The van der Waals surface area contributed by atoms with E-state index in [9.17, 15) is 4.79 Å². The van der Waals surface area contributed by atoms with E-state index in [0.29, 0.717) is 18.7 Å². The maximum absolute atomic E-state index is 12.2. The smallest absolute Gasteiger partial charge is 0.255 e. The first kappa shape index (κ1) is 20.4. The van der Waals surface area contributed by atoms with Gasteiger partial charge >= 0.3 is 0 Å². The molecule has 0 fully saturated rings. The van der Waals surface area contributed by atoms with Gasteiger partial charge in [-0.3, -0.25) is 4.79 Å². The van der Waals surface area contributed by atoms with Crippen LogP contribution in [0.2, 0.25) is 0 Å². The average molecular weight is 367 g/mol. The number of rotatable bonds is 8. The van der Waals surface area contributed by atoms with Gasteiger partial charge in [0.25, 0.3) is 5.91 Å². The van der Waals surface area contributed by atoms with E-state index in [2.05, 4.69) is 12.2 Å². The highest BCUT2D eigenvalue weighted by atomic mass is 35.5. The summed E-state index contributed by atoms with van der Waals surface area (Å²) in [6, 6.07) is 15.0. The lowest BCUT2D eigenvalue weighted by Crippen LogP contribution is -2.12. The predicted octanol–water partition coefficient (Wildman–Crippen LogP) is 3.95. The van der Waals surface area contributed by atoms with Crippen LogP contribution in [0.4, 0.5) is 5.69 Å². The highest BCUT2D eigenvalue weighted by Gasteiger charge is 2.06. The van der Waals surface area contributed by atoms with Crippen molar-refractivity contribution in [3.63, 3.8) is 0 Å². The van der Waals surface area contributed by atoms with Crippen molar-refractivity contribution in [2.75, 3.05) is 24.2 Å². The average Bonchev–Trinajstić information content (AvgIpc) is 2.59. The Balaban J connectivity index is 0.00000288. The van der Waals surface area contributed by atoms with Crippen molar-refractivity contribution in [1.82, 2.24) is 0 Å². The van der Waals surface area contributed by atoms with Crippen LogP contribution >= 0.6 is 24.2 Å². The quantitative estimate of drug-likeness (QED) is 0.742. The van der Waals surface area contributed by atoms with Gasteiger partial charge in [0.15, 0.2) is 0 Å². The predicted molar refractivity (Wildman–Crippen MR) is 104 cm³/mol. The van der Waals surface area contributed by atoms with Gasteiger partial charge < -0.3 is 15.8 Å². The van der Waals surface area contributed by atoms with E-state index in [0.717, 1.165) is 22.9 Å². The maximum Gasteiger partial charge on any atom is 0.255 e. The summed E-state index contributed by atoms with van der Waals surface area (Å²) in [5.74, 6) is 2.69. The Kier molecular flexibility index (Phi) is 9.30. The van der Waals surface area contributed by atoms with Crippen molar-refractivity contribution in [2.24, 2.45) is 5.73 Å². The van der Waals surface area contributed by atoms with Crippen LogP contribution < -0.4 is 15.8 Å². The summed E-state index contributed by atoms with van der Waals surface area (Å²) in [5.41, 5.74) is 8.01. The number of amides is 1. The van der Waals surface area contributed by atoms with Gasteiger partial charge in [-0.25, -0.2) is 0 Å². The van der Waals surface area contributed by atoms with Crippen molar-refractivity contribution in [1.29, 1.82) is 0 Å². The van der Waals surface area contributed by atoms with Crippen LogP contribution in [0.25, 0.3) is 0 Å². The number of hydrogen-bond acceptors (Lipinski definition) is 4. The van der Waals surface area contributed by atoms with Crippen LogP contribution in [-0.2, 0) is 5.75 Å². The minimum absolute atomic E-state index is 0. The fourth-order valence-corrected chi connectivity index (χ4v) is 2.62. The Hall–Kier alpha value is -1.69. The lowest BCUT2D eigenvalue weighted by molar-refractivity contribution is 0.102. The van der Waals surface area contributed by atoms with E-state index in [1.807, 2.05) is 60.3 Å². The third-order valence-corrected chi connectivity index (χ3v) is 4.13. The molecule has 3 N–H and O–H groups in total. The number of nitrogens with one attached hydrogen (secondary N) is 1. The summed E-state index contributed by atoms with van der Waals surface area (Å²) in [6.45, 7) is 3.10. The number of ether oxygens (including phenoxy) is 1. The second-order valence-corrected chi connectivity index (χ2v) is 6.22. The number of halogens is 1. The largest absolute Gasteiger partial charge is 0.492 e. The van der Waals surface area contributed by atoms with E-state index in [1.54, 1.807) is 0 Å². The molecule has 130 valence electrons. The Morgan fingerprint density at radius 1 is 1.12 bits per heavy atom. The van der Waals surface area contributed by atoms with Crippen LogP contribution in [-0.4, -0.2) is 24.8 Å². The first-order chi connectivity index (χ1) is 11.2. The molecule has 0 aromatic heterocycles. The molecule has 24 heavy (non-hydrogen) atoms. The molecule has 0 aliphatic rings. The fraction of sp³-hybridized carbons (Fsp3) is 0.278. The van der Waals surface area contributed by atoms with Crippen molar-refractivity contribution >= 4 is 35.8 Å². The number of anilines is 1. The number of carbonyl (C=O) groups is 1. The summed E-state index contributed by atoms with van der Waals surface area (Å²) < 4.78 is 5.41. The molecule has 4 nitrogen and oxygen atoms in total. The Labute approximate surface area is 153 Å². The summed E-state index contributed by atoms with van der Waals surface area (Å²) in [7, 11) is 0. The molecular weight excluding hydrogens is 344 g/mol. The molecule has 0 saturated carbocycles. The number of benzene rings is 2. The van der Waals surface area contributed by atoms with E-state index < -0.39 is 0 Å². The number of nitrogens with two attached hydrogens (primary N) is 1. The molecule has 0 bridgehead atoms. The van der Waals surface area contributed by atoms with Crippen LogP contribution in [0.1, 0.15) is 22.8 Å². The zero-order valence-electron chi connectivity index (χ0n) is 13.7. The van der Waals surface area contributed by atoms with E-state index >= 15 is 0 Å². The number of carbonyl (C=O) groups excluding carboxylic acids is 1. The van der Waals surface area contributed by atoms with E-state index in [-0.39, 0.29) is 18.3 Å². The molecular formula is C18H23ClN2O2S. The Morgan fingerprint density at radius 2 is 1.79 bits per heavy atom. The Bertz CT molecular complexity index is 618. The molecule has 0 saturated heterocycles. The molecule has 0 aliphatic carbocycles. The summed E-state index contributed by atoms with van der Waals surface area (Å²) in [5, 5.41) is 2.88. The SMILES string of the molecule is CCSCc1ccc(C(=O)Nc2ccc(OCCN)cc2)cc1.Cl. The summed E-state index contributed by atoms with van der Waals surface area (Å²) in [4.78, 5) is 12.2. The fourth-order valence-electron chi connectivity index (χ4n) is 1.99. The molecule has 0 atom stereocenters. The van der Waals surface area contributed by atoms with Crippen LogP contribution in [0.3, 0.4) is 0 Å². The minimum atomic E-state index is -0.115. The normalized spacial score (nSPS) is 9.92. The van der Waals surface area contributed by atoms with E-state index in [1.165, 1.54) is 5.56 Å². The molecule has 0 radical (unpaired) electrons. The molecule has 0 spiro atoms. The maximum atomic E-state index is 12.2. The number of hydrogen-bond donors (Lipinski definition) is 2. The molecule has 2 aromatic rings. The van der Waals surface area contributed by atoms with Crippen molar-refractivity contribution in [3.8, 4) is 5.75 Å². The van der Waals surface area contributed by atoms with Crippen molar-refractivity contribution in [2.45, 2.75) is 12.7 Å². The van der Waals surface area contributed by atoms with Gasteiger partial charge in [0.2, 0.25) is 0 Å². The van der Waals surface area contributed by atoms with Crippen LogP contribution in [0, 0.1) is 0 Å². The second-order valence-electron chi connectivity index (χ2n) is 4.95. The standard InChI is InChI=1S/C18H22N2O2S.ClH/c1-2-23-13-14-3-5-15(6-4-14)18(21)20-16-7-9-17(10-8-16)22-12-11-19;/h3-10H,2,11-13,19H2,1H3,(H,20,21);1H. The van der Waals surface area contributed by atoms with Crippen LogP contribution in [0.15, 0.2) is 48.5 Å². The van der Waals surface area contributed by atoms with Crippen molar-refractivity contribution < 1.29 is 9.53 Å². The Morgan fingerprint density at radius 3 is 2.38 bits per heavy atom. The third-order valence-electron chi connectivity index (χ3n) is 3.19. The van der Waals surface area contributed by atoms with Gasteiger partial charge in [-0.1, -0.05) is 19.1 Å². The van der Waals surface area contributed by atoms with Gasteiger partial charge in [-0.2, -0.15) is 11.8 Å². The molecule has 0 aliphatic heterocycles.